The molecule has 222 valence electrons. The maximum Gasteiger partial charge on any atom is 0.0919 e. The van der Waals surface area contributed by atoms with Gasteiger partial charge >= 0.3 is 0 Å². The van der Waals surface area contributed by atoms with Crippen LogP contribution in [0.3, 0.4) is 0 Å². The Labute approximate surface area is 235 Å². The Hall–Kier alpha value is -0.400. The van der Waals surface area contributed by atoms with E-state index < -0.39 is 0 Å². The first kappa shape index (κ1) is 36.6. The van der Waals surface area contributed by atoms with Crippen molar-refractivity contribution in [2.75, 3.05) is 0 Å². The summed E-state index contributed by atoms with van der Waals surface area (Å²) in [7, 11) is 0. The van der Waals surface area contributed by atoms with Gasteiger partial charge in [0.2, 0.25) is 0 Å². The summed E-state index contributed by atoms with van der Waals surface area (Å²) in [5.41, 5.74) is 0. The van der Waals surface area contributed by atoms with Crippen LogP contribution in [-0.2, 0) is 0 Å². The van der Waals surface area contributed by atoms with Crippen LogP contribution in [0.5, 0.6) is 0 Å². The molecule has 0 aromatic carbocycles. The number of rotatable bonds is 33. The molecule has 2 heteroatoms. The first-order chi connectivity index (χ1) is 18.3. The number of nitroso groups, excluding NO2 is 1. The zero-order valence-corrected chi connectivity index (χ0v) is 26.1. The minimum absolute atomic E-state index is 0.0870. The number of hydrogen-bond acceptors (Lipinski definition) is 2. The molecule has 0 heterocycles. The van der Waals surface area contributed by atoms with E-state index in [-0.39, 0.29) is 6.04 Å². The Kier molecular flexibility index (Phi) is 33.3. The molecule has 0 aromatic heterocycles. The van der Waals surface area contributed by atoms with Crippen LogP contribution in [0.15, 0.2) is 5.18 Å². The highest BCUT2D eigenvalue weighted by Gasteiger charge is 2.08. The maximum atomic E-state index is 11.2. The summed E-state index contributed by atoms with van der Waals surface area (Å²) >= 11 is 0. The molecule has 0 fully saturated rings. The Balaban J connectivity index is 3.26. The van der Waals surface area contributed by atoms with Crippen LogP contribution in [0.2, 0.25) is 0 Å². The number of nitrogens with zero attached hydrogens (tertiary/aromatic N) is 1. The molecule has 0 bridgehead atoms. The van der Waals surface area contributed by atoms with Crippen molar-refractivity contribution in [2.45, 2.75) is 225 Å². The Morgan fingerprint density at radius 1 is 0.324 bits per heavy atom. The molecule has 0 radical (unpaired) electrons. The second kappa shape index (κ2) is 33.6. The molecular weight excluding hydrogens is 450 g/mol. The van der Waals surface area contributed by atoms with E-state index in [0.29, 0.717) is 0 Å². The minimum Gasteiger partial charge on any atom is -0.151 e. The molecule has 0 spiro atoms. The lowest BCUT2D eigenvalue weighted by molar-refractivity contribution is 0.477. The predicted molar refractivity (Wildman–Crippen MR) is 169 cm³/mol. The Morgan fingerprint density at radius 2 is 0.514 bits per heavy atom. The fourth-order valence-electron chi connectivity index (χ4n) is 5.75. The zero-order chi connectivity index (χ0) is 26.9. The van der Waals surface area contributed by atoms with Gasteiger partial charge in [0.25, 0.3) is 0 Å². The van der Waals surface area contributed by atoms with Crippen LogP contribution < -0.4 is 0 Å². The third kappa shape index (κ3) is 31.7. The largest absolute Gasteiger partial charge is 0.151 e. The molecular formula is C35H71NO. The van der Waals surface area contributed by atoms with Gasteiger partial charge in [0.15, 0.2) is 0 Å². The van der Waals surface area contributed by atoms with Crippen LogP contribution in [0, 0.1) is 4.91 Å². The van der Waals surface area contributed by atoms with Crippen LogP contribution in [0.1, 0.15) is 219 Å². The lowest BCUT2D eigenvalue weighted by Gasteiger charge is -2.09. The van der Waals surface area contributed by atoms with Crippen molar-refractivity contribution in [2.24, 2.45) is 5.18 Å². The Bertz CT molecular complexity index is 410. The SMILES string of the molecule is CCCCCCCCCCCCCCCCCCC(CCCCCCCCCCCCCCCC)N=O. The molecule has 0 saturated carbocycles. The molecule has 0 rings (SSSR count). The topological polar surface area (TPSA) is 29.4 Å². The van der Waals surface area contributed by atoms with Gasteiger partial charge < -0.3 is 0 Å². The molecule has 0 aromatic rings. The summed E-state index contributed by atoms with van der Waals surface area (Å²) in [4.78, 5) is 11.2. The predicted octanol–water partition coefficient (Wildman–Crippen LogP) is 13.6. The summed E-state index contributed by atoms with van der Waals surface area (Å²) in [6.45, 7) is 4.59. The third-order valence-corrected chi connectivity index (χ3v) is 8.43. The molecule has 0 N–H and O–H groups in total. The van der Waals surface area contributed by atoms with Crippen molar-refractivity contribution in [1.29, 1.82) is 0 Å². The lowest BCUT2D eigenvalue weighted by atomic mass is 10.00. The van der Waals surface area contributed by atoms with Crippen molar-refractivity contribution in [3.8, 4) is 0 Å². The molecule has 37 heavy (non-hydrogen) atoms. The monoisotopic (exact) mass is 522 g/mol. The fourth-order valence-corrected chi connectivity index (χ4v) is 5.75. The lowest BCUT2D eigenvalue weighted by Crippen LogP contribution is -2.03. The summed E-state index contributed by atoms with van der Waals surface area (Å²) in [6.07, 6.45) is 44.0. The van der Waals surface area contributed by atoms with Crippen LogP contribution in [0.25, 0.3) is 0 Å². The molecule has 0 aliphatic carbocycles. The normalized spacial score (nSPS) is 12.3. The van der Waals surface area contributed by atoms with Gasteiger partial charge in [-0.1, -0.05) is 212 Å². The van der Waals surface area contributed by atoms with E-state index in [4.69, 9.17) is 0 Å². The smallest absolute Gasteiger partial charge is 0.0919 e. The van der Waals surface area contributed by atoms with Crippen LogP contribution in [0.4, 0.5) is 0 Å². The van der Waals surface area contributed by atoms with Gasteiger partial charge in [-0.3, -0.25) is 0 Å². The summed E-state index contributed by atoms with van der Waals surface area (Å²) < 4.78 is 0. The molecule has 1 atom stereocenters. The van der Waals surface area contributed by atoms with Gasteiger partial charge in [-0.2, -0.15) is 4.91 Å². The Morgan fingerprint density at radius 3 is 0.703 bits per heavy atom. The van der Waals surface area contributed by atoms with E-state index in [1.165, 1.54) is 193 Å². The van der Waals surface area contributed by atoms with E-state index in [9.17, 15) is 4.91 Å². The number of hydrogen-bond donors (Lipinski definition) is 0. The van der Waals surface area contributed by atoms with Crippen LogP contribution >= 0.6 is 0 Å². The second-order valence-corrected chi connectivity index (χ2v) is 12.2. The molecule has 0 amide bonds. The van der Waals surface area contributed by atoms with Gasteiger partial charge in [-0.05, 0) is 12.8 Å². The maximum absolute atomic E-state index is 11.2. The van der Waals surface area contributed by atoms with E-state index in [1.807, 2.05) is 0 Å². The quantitative estimate of drug-likeness (QED) is 0.0623. The molecule has 0 saturated heterocycles. The van der Waals surface area contributed by atoms with E-state index in [1.54, 1.807) is 0 Å². The number of unbranched alkanes of at least 4 members (excludes halogenated alkanes) is 28. The van der Waals surface area contributed by atoms with Crippen molar-refractivity contribution in [3.63, 3.8) is 0 Å². The van der Waals surface area contributed by atoms with E-state index in [0.717, 1.165) is 12.8 Å². The standard InChI is InChI=1S/C35H71NO/c1-3-5-7-9-11-13-15-17-19-20-22-24-26-28-30-32-34-35(36-37)33-31-29-27-25-23-21-18-16-14-12-10-8-6-4-2/h35H,3-34H2,1-2H3. The molecule has 2 nitrogen and oxygen atoms in total. The first-order valence-corrected chi connectivity index (χ1v) is 17.7. The van der Waals surface area contributed by atoms with Crippen LogP contribution in [-0.4, -0.2) is 6.04 Å². The average Bonchev–Trinajstić information content (AvgIpc) is 2.91. The summed E-state index contributed by atoms with van der Waals surface area (Å²) in [6, 6.07) is 0.0870. The van der Waals surface area contributed by atoms with E-state index >= 15 is 0 Å². The molecule has 0 aliphatic heterocycles. The highest BCUT2D eigenvalue weighted by atomic mass is 16.3. The van der Waals surface area contributed by atoms with Crippen molar-refractivity contribution in [3.05, 3.63) is 4.91 Å². The van der Waals surface area contributed by atoms with Crippen molar-refractivity contribution >= 4 is 0 Å². The zero-order valence-electron chi connectivity index (χ0n) is 26.1. The third-order valence-electron chi connectivity index (χ3n) is 8.43. The van der Waals surface area contributed by atoms with Crippen molar-refractivity contribution in [1.82, 2.24) is 0 Å². The first-order valence-electron chi connectivity index (χ1n) is 17.7. The van der Waals surface area contributed by atoms with Gasteiger partial charge in [0.05, 0.1) is 6.04 Å². The van der Waals surface area contributed by atoms with Gasteiger partial charge in [0, 0.05) is 0 Å². The highest BCUT2D eigenvalue weighted by molar-refractivity contribution is 4.66. The average molecular weight is 522 g/mol. The summed E-state index contributed by atoms with van der Waals surface area (Å²) in [5, 5.41) is 3.44. The highest BCUT2D eigenvalue weighted by Crippen LogP contribution is 2.18. The van der Waals surface area contributed by atoms with Gasteiger partial charge in [0.1, 0.15) is 0 Å². The van der Waals surface area contributed by atoms with Gasteiger partial charge in [-0.25, -0.2) is 0 Å². The minimum atomic E-state index is 0.0870. The summed E-state index contributed by atoms with van der Waals surface area (Å²) in [5.74, 6) is 0. The van der Waals surface area contributed by atoms with Gasteiger partial charge in [-0.15, -0.1) is 0 Å². The fraction of sp³-hybridized carbons (Fsp3) is 1.00. The molecule has 0 aliphatic rings. The molecule has 1 unspecified atom stereocenters. The van der Waals surface area contributed by atoms with E-state index in [2.05, 4.69) is 19.0 Å². The second-order valence-electron chi connectivity index (χ2n) is 12.2. The van der Waals surface area contributed by atoms with Crippen molar-refractivity contribution < 1.29 is 0 Å².